The molecule has 1 aliphatic carbocycles. The minimum atomic E-state index is -0.746. The summed E-state index contributed by atoms with van der Waals surface area (Å²) in [7, 11) is 0. The number of hydrogen-bond donors (Lipinski definition) is 1. The first-order valence-corrected chi connectivity index (χ1v) is 12.0. The highest BCUT2D eigenvalue weighted by molar-refractivity contribution is 6.30. The van der Waals surface area contributed by atoms with Gasteiger partial charge in [0.1, 0.15) is 17.3 Å². The van der Waals surface area contributed by atoms with Gasteiger partial charge in [0.05, 0.1) is 29.6 Å². The number of carbonyl (C=O) groups excluding carboxylic acids is 3. The number of imidazole rings is 1. The predicted octanol–water partition coefficient (Wildman–Crippen LogP) is 3.60. The first-order valence-electron chi connectivity index (χ1n) is 11.7. The van der Waals surface area contributed by atoms with Crippen LogP contribution in [-0.2, 0) is 16.0 Å². The van der Waals surface area contributed by atoms with Gasteiger partial charge in [-0.05, 0) is 42.5 Å². The van der Waals surface area contributed by atoms with Crippen LogP contribution in [0.25, 0.3) is 5.52 Å². The topological polar surface area (TPSA) is 92.0 Å². The number of rotatable bonds is 8. The Morgan fingerprint density at radius 1 is 1.20 bits per heavy atom. The minimum absolute atomic E-state index is 0.00503. The fourth-order valence-corrected chi connectivity index (χ4v) is 5.48. The first-order chi connectivity index (χ1) is 16.8. The van der Waals surface area contributed by atoms with Gasteiger partial charge < -0.3 is 14.4 Å². The second-order valence-electron chi connectivity index (χ2n) is 9.37. The molecule has 2 aromatic heterocycles. The third-order valence-electron chi connectivity index (χ3n) is 7.12. The summed E-state index contributed by atoms with van der Waals surface area (Å²) in [6.07, 6.45) is 3.03. The van der Waals surface area contributed by atoms with E-state index in [1.807, 2.05) is 0 Å². The van der Waals surface area contributed by atoms with Crippen molar-refractivity contribution in [2.45, 2.75) is 50.6 Å². The number of amides is 1. The predicted molar refractivity (Wildman–Crippen MR) is 127 cm³/mol. The fourth-order valence-electron chi connectivity index (χ4n) is 5.30. The highest BCUT2D eigenvalue weighted by atomic mass is 35.5. The maximum atomic E-state index is 14.5. The number of nitrogens with zero attached hydrogens (tertiary/aromatic N) is 3. The van der Waals surface area contributed by atoms with E-state index in [0.29, 0.717) is 23.5 Å². The molecule has 4 atom stereocenters. The molecule has 1 saturated carbocycles. The molecule has 3 heterocycles. The number of halogens is 2. The summed E-state index contributed by atoms with van der Waals surface area (Å²) in [5, 5.41) is 9.82. The molecule has 7 nitrogen and oxygen atoms in total. The molecule has 2 fully saturated rings. The molecule has 2 aliphatic rings. The molecule has 1 amide bonds. The molecule has 35 heavy (non-hydrogen) atoms. The number of benzene rings is 1. The van der Waals surface area contributed by atoms with Gasteiger partial charge in [-0.25, -0.2) is 9.37 Å². The van der Waals surface area contributed by atoms with Crippen molar-refractivity contribution in [2.75, 3.05) is 6.61 Å². The Hall–Kier alpha value is -3.10. The van der Waals surface area contributed by atoms with Crippen molar-refractivity contribution in [3.8, 4) is 0 Å². The minimum Gasteiger partial charge on any atom is -0.396 e. The summed E-state index contributed by atoms with van der Waals surface area (Å²) in [4.78, 5) is 44.8. The molecule has 0 bridgehead atoms. The molecule has 1 saturated heterocycles. The number of pyridine rings is 1. The van der Waals surface area contributed by atoms with Crippen molar-refractivity contribution in [3.05, 3.63) is 70.5 Å². The fraction of sp³-hybridized carbons (Fsp3) is 0.385. The van der Waals surface area contributed by atoms with Crippen LogP contribution >= 0.6 is 11.6 Å². The van der Waals surface area contributed by atoms with Crippen molar-refractivity contribution in [3.63, 3.8) is 0 Å². The number of hydrogen-bond acceptors (Lipinski definition) is 5. The lowest BCUT2D eigenvalue weighted by atomic mass is 9.90. The van der Waals surface area contributed by atoms with Gasteiger partial charge in [-0.1, -0.05) is 29.8 Å². The average Bonchev–Trinajstić information content (AvgIpc) is 3.34. The zero-order valence-corrected chi connectivity index (χ0v) is 19.9. The molecule has 0 spiro atoms. The van der Waals surface area contributed by atoms with E-state index >= 15 is 0 Å². The summed E-state index contributed by atoms with van der Waals surface area (Å²) < 4.78 is 16.2. The number of aliphatic hydroxyl groups excluding tert-OH is 1. The monoisotopic (exact) mass is 497 g/mol. The largest absolute Gasteiger partial charge is 0.396 e. The molecule has 9 heteroatoms. The quantitative estimate of drug-likeness (QED) is 0.480. The number of aromatic nitrogens is 2. The summed E-state index contributed by atoms with van der Waals surface area (Å²) in [6, 6.07) is 9.28. The Morgan fingerprint density at radius 2 is 2.00 bits per heavy atom. The van der Waals surface area contributed by atoms with Gasteiger partial charge in [-0.2, -0.15) is 0 Å². The van der Waals surface area contributed by atoms with Crippen LogP contribution in [0.15, 0.2) is 42.6 Å². The zero-order chi connectivity index (χ0) is 24.9. The molecule has 1 aromatic carbocycles. The van der Waals surface area contributed by atoms with Crippen molar-refractivity contribution in [1.29, 1.82) is 0 Å². The second kappa shape index (κ2) is 9.17. The maximum Gasteiger partial charge on any atom is 0.231 e. The Labute approximate surface area is 206 Å². The van der Waals surface area contributed by atoms with E-state index in [-0.39, 0.29) is 52.9 Å². The molecular formula is C26H25ClFN3O4. The summed E-state index contributed by atoms with van der Waals surface area (Å²) >= 11 is 5.88. The lowest BCUT2D eigenvalue weighted by molar-refractivity contribution is -0.138. The summed E-state index contributed by atoms with van der Waals surface area (Å²) in [6.45, 7) is 1.02. The second-order valence-corrected chi connectivity index (χ2v) is 9.78. The highest BCUT2D eigenvalue weighted by Gasteiger charge is 2.55. The molecule has 5 rings (SSSR count). The molecule has 0 radical (unpaired) electrons. The molecule has 182 valence electrons. The van der Waals surface area contributed by atoms with Crippen LogP contribution < -0.4 is 0 Å². The molecule has 1 aliphatic heterocycles. The lowest BCUT2D eigenvalue weighted by Crippen LogP contribution is -2.44. The van der Waals surface area contributed by atoms with E-state index in [1.165, 1.54) is 19.1 Å². The van der Waals surface area contributed by atoms with Crippen molar-refractivity contribution in [1.82, 2.24) is 14.3 Å². The van der Waals surface area contributed by atoms with Gasteiger partial charge in [0.25, 0.3) is 0 Å². The molecule has 3 aromatic rings. The Morgan fingerprint density at radius 3 is 2.74 bits per heavy atom. The standard InChI is InChI=1S/C26H25ClFN3O4/c1-14(33)26-19-7-2-3-8-30(19)23(29-26)12-24(35)31-20-9-15(20)10-21(31)22(34)11-16(13-32)17-5-4-6-18(27)25(17)28/h2-8,15-16,20-21,32H,9-13H2,1H3/t15-,16-,20-,21+/m1/s1. The van der Waals surface area contributed by atoms with E-state index in [0.717, 1.165) is 6.42 Å². The van der Waals surface area contributed by atoms with Crippen LogP contribution in [0.4, 0.5) is 4.39 Å². The number of carbonyl (C=O) groups is 3. The van der Waals surface area contributed by atoms with Gasteiger partial charge in [-0.3, -0.25) is 14.4 Å². The van der Waals surface area contributed by atoms with Crippen LogP contribution in [0, 0.1) is 11.7 Å². The van der Waals surface area contributed by atoms with E-state index in [9.17, 15) is 23.9 Å². The number of Topliss-reactive ketones (excluding diaryl/α,β-unsaturated/α-hetero) is 2. The Bertz CT molecular complexity index is 1340. The molecule has 1 N–H and O–H groups in total. The van der Waals surface area contributed by atoms with Crippen LogP contribution in [0.5, 0.6) is 0 Å². The third-order valence-corrected chi connectivity index (χ3v) is 7.41. The smallest absolute Gasteiger partial charge is 0.231 e. The van der Waals surface area contributed by atoms with E-state index in [4.69, 9.17) is 11.6 Å². The number of ketones is 2. The van der Waals surface area contributed by atoms with Crippen molar-refractivity contribution >= 4 is 34.6 Å². The van der Waals surface area contributed by atoms with Gasteiger partial charge >= 0.3 is 0 Å². The van der Waals surface area contributed by atoms with E-state index in [1.54, 1.807) is 39.8 Å². The van der Waals surface area contributed by atoms with Crippen LogP contribution in [-0.4, -0.2) is 55.6 Å². The first kappa shape index (κ1) is 23.6. The normalized spacial score (nSPS) is 21.7. The Balaban J connectivity index is 1.36. The van der Waals surface area contributed by atoms with Crippen molar-refractivity contribution < 1.29 is 23.9 Å². The number of fused-ring (bicyclic) bond motifs is 2. The van der Waals surface area contributed by atoms with Gasteiger partial charge in [-0.15, -0.1) is 0 Å². The van der Waals surface area contributed by atoms with Gasteiger partial charge in [0.15, 0.2) is 11.6 Å². The summed E-state index contributed by atoms with van der Waals surface area (Å²) in [5.41, 5.74) is 1.13. The number of likely N-dealkylation sites (tertiary alicyclic amines) is 1. The van der Waals surface area contributed by atoms with Crippen LogP contribution in [0.1, 0.15) is 54.0 Å². The van der Waals surface area contributed by atoms with E-state index in [2.05, 4.69) is 4.98 Å². The lowest BCUT2D eigenvalue weighted by Gasteiger charge is -2.28. The van der Waals surface area contributed by atoms with Crippen LogP contribution in [0.3, 0.4) is 0 Å². The SMILES string of the molecule is CC(=O)c1nc(CC(=O)N2[C@@H]3C[C@@H]3C[C@H]2C(=O)C[C@H](CO)c2cccc(Cl)c2F)n2ccccc12. The van der Waals surface area contributed by atoms with E-state index < -0.39 is 24.4 Å². The maximum absolute atomic E-state index is 14.5. The third kappa shape index (κ3) is 4.25. The molecular weight excluding hydrogens is 473 g/mol. The highest BCUT2D eigenvalue weighted by Crippen LogP contribution is 2.48. The number of aliphatic hydroxyl groups is 1. The summed E-state index contributed by atoms with van der Waals surface area (Å²) in [5.74, 6) is -1.30. The van der Waals surface area contributed by atoms with Gasteiger partial charge in [0, 0.05) is 31.5 Å². The van der Waals surface area contributed by atoms with Crippen molar-refractivity contribution in [2.24, 2.45) is 5.92 Å². The number of piperidine rings is 1. The van der Waals surface area contributed by atoms with Gasteiger partial charge in [0.2, 0.25) is 5.91 Å². The van der Waals surface area contributed by atoms with Crippen LogP contribution in [0.2, 0.25) is 5.02 Å². The molecule has 0 unspecified atom stereocenters. The zero-order valence-electron chi connectivity index (χ0n) is 19.2. The Kier molecular flexibility index (Phi) is 6.19. The average molecular weight is 498 g/mol.